The number of ether oxygens (including phenoxy) is 1. The largest absolute Gasteiger partial charge is 0.445 e. The number of amides is 1. The SMILES string of the molecule is O=C(N[C@H]1Cc2cccnc2[C@](O)(CS(=O)(=O)c2ccccc2)C1)OCc1ccccc1. The zero-order chi connectivity index (χ0) is 22.6. The van der Waals surface area contributed by atoms with E-state index in [1.54, 1.807) is 30.3 Å². The average molecular weight is 453 g/mol. The van der Waals surface area contributed by atoms with Crippen molar-refractivity contribution in [2.75, 3.05) is 5.75 Å². The van der Waals surface area contributed by atoms with Gasteiger partial charge >= 0.3 is 6.09 Å². The molecule has 1 amide bonds. The predicted molar refractivity (Wildman–Crippen MR) is 119 cm³/mol. The molecule has 1 aliphatic carbocycles. The molecular formula is C24H24N2O5S. The lowest BCUT2D eigenvalue weighted by molar-refractivity contribution is 0.0260. The summed E-state index contributed by atoms with van der Waals surface area (Å²) in [5, 5.41) is 14.2. The second-order valence-corrected chi connectivity index (χ2v) is 9.92. The Morgan fingerprint density at radius 1 is 1.06 bits per heavy atom. The Bertz CT molecular complexity index is 1190. The maximum absolute atomic E-state index is 13.0. The Labute approximate surface area is 187 Å². The molecule has 8 heteroatoms. The van der Waals surface area contributed by atoms with Crippen molar-refractivity contribution in [3.8, 4) is 0 Å². The van der Waals surface area contributed by atoms with E-state index >= 15 is 0 Å². The van der Waals surface area contributed by atoms with Gasteiger partial charge in [-0.25, -0.2) is 13.2 Å². The van der Waals surface area contributed by atoms with Gasteiger partial charge in [0.15, 0.2) is 9.84 Å². The van der Waals surface area contributed by atoms with Gasteiger partial charge in [0.1, 0.15) is 12.2 Å². The van der Waals surface area contributed by atoms with E-state index < -0.39 is 33.3 Å². The highest BCUT2D eigenvalue weighted by Gasteiger charge is 2.44. The number of carbonyl (C=O) groups is 1. The van der Waals surface area contributed by atoms with Crippen molar-refractivity contribution < 1.29 is 23.1 Å². The van der Waals surface area contributed by atoms with E-state index in [4.69, 9.17) is 4.74 Å². The standard InChI is InChI=1S/C24H24N2O5S/c27-23(31-16-18-8-3-1-4-9-18)26-20-14-19-10-7-13-25-22(19)24(28,15-20)17-32(29,30)21-11-5-2-6-12-21/h1-13,20,28H,14-17H2,(H,26,27)/t20-,24+/m0/s1. The summed E-state index contributed by atoms with van der Waals surface area (Å²) in [5.74, 6) is -0.536. The Morgan fingerprint density at radius 3 is 2.47 bits per heavy atom. The minimum absolute atomic E-state index is 0.00349. The molecule has 0 fully saturated rings. The smallest absolute Gasteiger partial charge is 0.407 e. The molecule has 32 heavy (non-hydrogen) atoms. The number of aromatic nitrogens is 1. The van der Waals surface area contributed by atoms with Crippen molar-refractivity contribution in [1.82, 2.24) is 10.3 Å². The van der Waals surface area contributed by atoms with E-state index in [0.29, 0.717) is 17.7 Å². The molecule has 3 aromatic rings. The molecular weight excluding hydrogens is 428 g/mol. The van der Waals surface area contributed by atoms with E-state index in [1.807, 2.05) is 30.3 Å². The van der Waals surface area contributed by atoms with Crippen LogP contribution in [0.2, 0.25) is 0 Å². The molecule has 0 radical (unpaired) electrons. The Balaban J connectivity index is 1.52. The fraction of sp³-hybridized carbons (Fsp3) is 0.250. The van der Waals surface area contributed by atoms with Gasteiger partial charge in [0.2, 0.25) is 0 Å². The third-order valence-corrected chi connectivity index (χ3v) is 7.30. The number of hydrogen-bond acceptors (Lipinski definition) is 6. The van der Waals surface area contributed by atoms with Crippen LogP contribution in [-0.2, 0) is 33.2 Å². The van der Waals surface area contributed by atoms with Crippen LogP contribution in [0.15, 0.2) is 83.9 Å². The van der Waals surface area contributed by atoms with Crippen molar-refractivity contribution in [1.29, 1.82) is 0 Å². The molecule has 0 saturated carbocycles. The Morgan fingerprint density at radius 2 is 1.75 bits per heavy atom. The third kappa shape index (κ3) is 4.98. The van der Waals surface area contributed by atoms with Crippen LogP contribution in [0.4, 0.5) is 4.79 Å². The molecule has 4 rings (SSSR count). The lowest BCUT2D eigenvalue weighted by Crippen LogP contribution is -2.49. The van der Waals surface area contributed by atoms with Gasteiger partial charge in [0.05, 0.1) is 16.3 Å². The lowest BCUT2D eigenvalue weighted by Gasteiger charge is -2.37. The summed E-state index contributed by atoms with van der Waals surface area (Å²) >= 11 is 0. The topological polar surface area (TPSA) is 106 Å². The van der Waals surface area contributed by atoms with E-state index in [9.17, 15) is 18.3 Å². The fourth-order valence-electron chi connectivity index (χ4n) is 4.05. The Hall–Kier alpha value is -3.23. The number of alkyl carbamates (subject to hydrolysis) is 1. The lowest BCUT2D eigenvalue weighted by atomic mass is 9.81. The average Bonchev–Trinajstić information content (AvgIpc) is 2.78. The zero-order valence-corrected chi connectivity index (χ0v) is 18.2. The number of pyridine rings is 1. The number of rotatable bonds is 6. The molecule has 2 atom stereocenters. The van der Waals surface area contributed by atoms with Gasteiger partial charge in [-0.1, -0.05) is 54.6 Å². The fourth-order valence-corrected chi connectivity index (χ4v) is 5.67. The van der Waals surface area contributed by atoms with Crippen molar-refractivity contribution in [3.63, 3.8) is 0 Å². The number of fused-ring (bicyclic) bond motifs is 1. The zero-order valence-electron chi connectivity index (χ0n) is 17.3. The van der Waals surface area contributed by atoms with Gasteiger partial charge in [-0.15, -0.1) is 0 Å². The molecule has 0 unspecified atom stereocenters. The molecule has 2 aromatic carbocycles. The maximum atomic E-state index is 13.0. The van der Waals surface area contributed by atoms with Gasteiger partial charge in [0, 0.05) is 18.7 Å². The van der Waals surface area contributed by atoms with Gasteiger partial charge < -0.3 is 15.2 Å². The summed E-state index contributed by atoms with van der Waals surface area (Å²) in [6.07, 6.45) is 1.32. The van der Waals surface area contributed by atoms with Gasteiger partial charge in [-0.2, -0.15) is 0 Å². The number of hydrogen-bond donors (Lipinski definition) is 2. The number of carbonyl (C=O) groups excluding carboxylic acids is 1. The van der Waals surface area contributed by atoms with Crippen LogP contribution in [0.3, 0.4) is 0 Å². The first-order valence-corrected chi connectivity index (χ1v) is 11.9. The second-order valence-electron chi connectivity index (χ2n) is 7.93. The number of benzene rings is 2. The van der Waals surface area contributed by atoms with Gasteiger partial charge in [0.25, 0.3) is 0 Å². The van der Waals surface area contributed by atoms with E-state index in [2.05, 4.69) is 10.3 Å². The molecule has 1 aliphatic rings. The molecule has 1 aromatic heterocycles. The first-order chi connectivity index (χ1) is 15.4. The van der Waals surface area contributed by atoms with Crippen LogP contribution in [0, 0.1) is 0 Å². The summed E-state index contributed by atoms with van der Waals surface area (Å²) in [4.78, 5) is 16.8. The number of sulfone groups is 1. The van der Waals surface area contributed by atoms with Crippen LogP contribution in [0.25, 0.3) is 0 Å². The van der Waals surface area contributed by atoms with Crippen LogP contribution >= 0.6 is 0 Å². The molecule has 7 nitrogen and oxygen atoms in total. The monoisotopic (exact) mass is 452 g/mol. The third-order valence-electron chi connectivity index (χ3n) is 5.45. The highest BCUT2D eigenvalue weighted by Crippen LogP contribution is 2.36. The number of nitrogens with one attached hydrogen (secondary N) is 1. The first kappa shape index (κ1) is 22.0. The Kier molecular flexibility index (Phi) is 6.25. The summed E-state index contributed by atoms with van der Waals surface area (Å²) in [6.45, 7) is 0.115. The second kappa shape index (κ2) is 9.10. The molecule has 0 aliphatic heterocycles. The highest BCUT2D eigenvalue weighted by atomic mass is 32.2. The highest BCUT2D eigenvalue weighted by molar-refractivity contribution is 7.91. The summed E-state index contributed by atoms with van der Waals surface area (Å²) < 4.78 is 31.3. The van der Waals surface area contributed by atoms with E-state index in [-0.39, 0.29) is 17.9 Å². The molecule has 0 spiro atoms. The first-order valence-electron chi connectivity index (χ1n) is 10.3. The number of aliphatic hydroxyl groups is 1. The van der Waals surface area contributed by atoms with Crippen molar-refractivity contribution in [2.45, 2.75) is 36.0 Å². The van der Waals surface area contributed by atoms with Crippen LogP contribution in [0.1, 0.15) is 23.2 Å². The van der Waals surface area contributed by atoms with Crippen molar-refractivity contribution >= 4 is 15.9 Å². The molecule has 166 valence electrons. The minimum atomic E-state index is -3.79. The number of nitrogens with zero attached hydrogens (tertiary/aromatic N) is 1. The van der Waals surface area contributed by atoms with E-state index in [1.165, 1.54) is 18.3 Å². The molecule has 2 N–H and O–H groups in total. The van der Waals surface area contributed by atoms with E-state index in [0.717, 1.165) is 5.56 Å². The quantitative estimate of drug-likeness (QED) is 0.596. The predicted octanol–water partition coefficient (Wildman–Crippen LogP) is 2.98. The molecule has 0 saturated heterocycles. The minimum Gasteiger partial charge on any atom is -0.445 e. The van der Waals surface area contributed by atoms with Crippen LogP contribution < -0.4 is 5.32 Å². The molecule has 0 bridgehead atoms. The summed E-state index contributed by atoms with van der Waals surface area (Å²) in [6, 6.07) is 20.3. The van der Waals surface area contributed by atoms with Gasteiger partial charge in [-0.3, -0.25) is 4.98 Å². The van der Waals surface area contributed by atoms with Crippen LogP contribution in [0.5, 0.6) is 0 Å². The van der Waals surface area contributed by atoms with Crippen LogP contribution in [-0.4, -0.2) is 36.4 Å². The molecule has 1 heterocycles. The normalized spacial score (nSPS) is 20.2. The van der Waals surface area contributed by atoms with Crippen molar-refractivity contribution in [3.05, 3.63) is 95.8 Å². The van der Waals surface area contributed by atoms with Gasteiger partial charge in [-0.05, 0) is 35.7 Å². The summed E-state index contributed by atoms with van der Waals surface area (Å²) in [7, 11) is -3.79. The summed E-state index contributed by atoms with van der Waals surface area (Å²) in [5.41, 5.74) is 0.125. The maximum Gasteiger partial charge on any atom is 0.407 e. The van der Waals surface area contributed by atoms with Crippen molar-refractivity contribution in [2.24, 2.45) is 0 Å².